The first-order valence-electron chi connectivity index (χ1n) is 6.47. The van der Waals surface area contributed by atoms with Crippen LogP contribution in [0.15, 0.2) is 18.2 Å². The fourth-order valence-electron chi connectivity index (χ4n) is 2.20. The fraction of sp³-hybridized carbons (Fsp3) is 0.500. The Morgan fingerprint density at radius 3 is 2.60 bits per heavy atom. The molecule has 0 spiro atoms. The average molecular weight is 318 g/mol. The number of benzene rings is 1. The van der Waals surface area contributed by atoms with E-state index in [1.807, 2.05) is 13.8 Å². The lowest BCUT2D eigenvalue weighted by Gasteiger charge is -2.35. The van der Waals surface area contributed by atoms with Crippen molar-refractivity contribution in [2.75, 3.05) is 19.7 Å². The lowest BCUT2D eigenvalue weighted by atomic mass is 10.2. The predicted molar refractivity (Wildman–Crippen MR) is 78.5 cm³/mol. The van der Waals surface area contributed by atoms with Crippen LogP contribution in [0.3, 0.4) is 0 Å². The molecule has 2 unspecified atom stereocenters. The van der Waals surface area contributed by atoms with E-state index in [0.29, 0.717) is 28.9 Å². The summed E-state index contributed by atoms with van der Waals surface area (Å²) >= 11 is 11.8. The highest BCUT2D eigenvalue weighted by atomic mass is 35.5. The molecule has 2 rings (SSSR count). The molecule has 1 amide bonds. The van der Waals surface area contributed by atoms with E-state index in [2.05, 4.69) is 0 Å². The van der Waals surface area contributed by atoms with Crippen LogP contribution in [0.25, 0.3) is 0 Å². The minimum absolute atomic E-state index is 0.0409. The molecule has 0 saturated carbocycles. The van der Waals surface area contributed by atoms with E-state index in [1.165, 1.54) is 0 Å². The van der Waals surface area contributed by atoms with Crippen molar-refractivity contribution in [2.45, 2.75) is 26.1 Å². The Hall–Kier alpha value is -0.970. The molecule has 1 aliphatic rings. The molecule has 1 saturated heterocycles. The van der Waals surface area contributed by atoms with Gasteiger partial charge in [-0.05, 0) is 32.0 Å². The lowest BCUT2D eigenvalue weighted by Crippen LogP contribution is -2.49. The Kier molecular flexibility index (Phi) is 5.13. The van der Waals surface area contributed by atoms with Gasteiger partial charge in [-0.2, -0.15) is 0 Å². The van der Waals surface area contributed by atoms with Crippen LogP contribution in [-0.4, -0.2) is 42.7 Å². The number of carbonyl (C=O) groups excluding carboxylic acids is 1. The number of nitrogens with zero attached hydrogens (tertiary/aromatic N) is 1. The minimum atomic E-state index is -0.0713. The third kappa shape index (κ3) is 4.01. The molecule has 1 heterocycles. The molecule has 6 heteroatoms. The van der Waals surface area contributed by atoms with Gasteiger partial charge in [0, 0.05) is 18.1 Å². The van der Waals surface area contributed by atoms with Crippen LogP contribution in [-0.2, 0) is 9.53 Å². The molecule has 110 valence electrons. The zero-order chi connectivity index (χ0) is 14.7. The van der Waals surface area contributed by atoms with Crippen molar-refractivity contribution < 1.29 is 14.3 Å². The van der Waals surface area contributed by atoms with E-state index in [-0.39, 0.29) is 24.7 Å². The maximum atomic E-state index is 12.1. The van der Waals surface area contributed by atoms with Gasteiger partial charge in [0.15, 0.2) is 6.61 Å². The Labute approximate surface area is 128 Å². The normalized spacial score (nSPS) is 22.7. The summed E-state index contributed by atoms with van der Waals surface area (Å²) in [6.45, 7) is 5.03. The van der Waals surface area contributed by atoms with Crippen molar-refractivity contribution in [2.24, 2.45) is 0 Å². The maximum absolute atomic E-state index is 12.1. The van der Waals surface area contributed by atoms with Crippen LogP contribution in [0.2, 0.25) is 10.0 Å². The van der Waals surface area contributed by atoms with Gasteiger partial charge in [0.2, 0.25) is 0 Å². The van der Waals surface area contributed by atoms with Gasteiger partial charge in [0.1, 0.15) is 5.75 Å². The summed E-state index contributed by atoms with van der Waals surface area (Å²) in [7, 11) is 0. The zero-order valence-electron chi connectivity index (χ0n) is 11.4. The topological polar surface area (TPSA) is 38.8 Å². The highest BCUT2D eigenvalue weighted by Crippen LogP contribution is 2.27. The molecule has 0 bridgehead atoms. The van der Waals surface area contributed by atoms with Crippen LogP contribution in [0.4, 0.5) is 0 Å². The van der Waals surface area contributed by atoms with Crippen molar-refractivity contribution >= 4 is 29.1 Å². The summed E-state index contributed by atoms with van der Waals surface area (Å²) in [5, 5.41) is 0.929. The predicted octanol–water partition coefficient (Wildman–Crippen LogP) is 3.01. The van der Waals surface area contributed by atoms with Crippen LogP contribution >= 0.6 is 23.2 Å². The van der Waals surface area contributed by atoms with E-state index in [0.717, 1.165) is 0 Å². The molecule has 4 nitrogen and oxygen atoms in total. The summed E-state index contributed by atoms with van der Waals surface area (Å²) in [6, 6.07) is 4.91. The molecular weight excluding hydrogens is 301 g/mol. The Balaban J connectivity index is 1.91. The van der Waals surface area contributed by atoms with Gasteiger partial charge in [-0.3, -0.25) is 4.79 Å². The van der Waals surface area contributed by atoms with Crippen LogP contribution in [0.5, 0.6) is 5.75 Å². The summed E-state index contributed by atoms with van der Waals surface area (Å²) < 4.78 is 11.0. The zero-order valence-corrected chi connectivity index (χ0v) is 12.9. The van der Waals surface area contributed by atoms with Gasteiger partial charge in [-0.1, -0.05) is 23.2 Å². The second-order valence-electron chi connectivity index (χ2n) is 4.92. The van der Waals surface area contributed by atoms with E-state index >= 15 is 0 Å². The van der Waals surface area contributed by atoms with Crippen molar-refractivity contribution in [1.29, 1.82) is 0 Å². The van der Waals surface area contributed by atoms with Gasteiger partial charge >= 0.3 is 0 Å². The molecule has 1 aliphatic heterocycles. The van der Waals surface area contributed by atoms with E-state index < -0.39 is 0 Å². The second-order valence-corrected chi connectivity index (χ2v) is 5.76. The minimum Gasteiger partial charge on any atom is -0.482 e. The molecule has 0 N–H and O–H groups in total. The third-order valence-electron chi connectivity index (χ3n) is 3.02. The summed E-state index contributed by atoms with van der Waals surface area (Å²) in [5.74, 6) is 0.386. The number of rotatable bonds is 3. The molecule has 1 fully saturated rings. The quantitative estimate of drug-likeness (QED) is 0.860. The van der Waals surface area contributed by atoms with Crippen LogP contribution < -0.4 is 4.74 Å². The SMILES string of the molecule is CC1CN(C(=O)COc2ccc(Cl)cc2Cl)CC(C)O1. The number of carbonyl (C=O) groups is 1. The smallest absolute Gasteiger partial charge is 0.260 e. The van der Waals surface area contributed by atoms with Gasteiger partial charge in [0.05, 0.1) is 17.2 Å². The van der Waals surface area contributed by atoms with Crippen molar-refractivity contribution in [3.63, 3.8) is 0 Å². The molecule has 20 heavy (non-hydrogen) atoms. The van der Waals surface area contributed by atoms with Crippen molar-refractivity contribution in [3.8, 4) is 5.75 Å². The van der Waals surface area contributed by atoms with E-state index in [4.69, 9.17) is 32.7 Å². The van der Waals surface area contributed by atoms with Crippen LogP contribution in [0, 0.1) is 0 Å². The average Bonchev–Trinajstić information content (AvgIpc) is 2.36. The van der Waals surface area contributed by atoms with E-state index in [9.17, 15) is 4.79 Å². The maximum Gasteiger partial charge on any atom is 0.260 e. The lowest BCUT2D eigenvalue weighted by molar-refractivity contribution is -0.145. The van der Waals surface area contributed by atoms with Gasteiger partial charge in [-0.15, -0.1) is 0 Å². The van der Waals surface area contributed by atoms with Crippen molar-refractivity contribution in [3.05, 3.63) is 28.2 Å². The number of hydrogen-bond donors (Lipinski definition) is 0. The number of ether oxygens (including phenoxy) is 2. The highest BCUT2D eigenvalue weighted by molar-refractivity contribution is 6.35. The first-order chi connectivity index (χ1) is 9.45. The first-order valence-corrected chi connectivity index (χ1v) is 7.22. The number of amides is 1. The third-order valence-corrected chi connectivity index (χ3v) is 3.55. The van der Waals surface area contributed by atoms with Gasteiger partial charge in [-0.25, -0.2) is 0 Å². The molecule has 2 atom stereocenters. The van der Waals surface area contributed by atoms with E-state index in [1.54, 1.807) is 23.1 Å². The van der Waals surface area contributed by atoms with Gasteiger partial charge < -0.3 is 14.4 Å². The Morgan fingerprint density at radius 2 is 2.00 bits per heavy atom. The molecule has 1 aromatic carbocycles. The molecule has 0 aromatic heterocycles. The molecule has 0 radical (unpaired) electrons. The monoisotopic (exact) mass is 317 g/mol. The first kappa shape index (κ1) is 15.4. The largest absolute Gasteiger partial charge is 0.482 e. The summed E-state index contributed by atoms with van der Waals surface area (Å²) in [6.07, 6.45) is 0.0867. The van der Waals surface area contributed by atoms with Crippen LogP contribution in [0.1, 0.15) is 13.8 Å². The molecule has 0 aliphatic carbocycles. The Bertz CT molecular complexity index is 485. The highest BCUT2D eigenvalue weighted by Gasteiger charge is 2.26. The van der Waals surface area contributed by atoms with Gasteiger partial charge in [0.25, 0.3) is 5.91 Å². The number of halogens is 2. The molecule has 1 aromatic rings. The second kappa shape index (κ2) is 6.66. The summed E-state index contributed by atoms with van der Waals surface area (Å²) in [4.78, 5) is 13.9. The summed E-state index contributed by atoms with van der Waals surface area (Å²) in [5.41, 5.74) is 0. The standard InChI is InChI=1S/C14H17Cl2NO3/c1-9-6-17(7-10(2)20-9)14(18)8-19-13-4-3-11(15)5-12(13)16/h3-5,9-10H,6-8H2,1-2H3. The fourth-order valence-corrected chi connectivity index (χ4v) is 2.67. The number of hydrogen-bond acceptors (Lipinski definition) is 3. The molecular formula is C14H17Cl2NO3. The van der Waals surface area contributed by atoms with Crippen molar-refractivity contribution in [1.82, 2.24) is 4.90 Å². The Morgan fingerprint density at radius 1 is 1.35 bits per heavy atom. The number of morpholine rings is 1.